The maximum Gasteiger partial charge on any atom is 0.255 e. The first kappa shape index (κ1) is 27.4. The lowest BCUT2D eigenvalue weighted by Crippen LogP contribution is -2.50. The van der Waals surface area contributed by atoms with Crippen LogP contribution < -0.4 is 9.64 Å². The van der Waals surface area contributed by atoms with Gasteiger partial charge in [0.2, 0.25) is 5.91 Å². The lowest BCUT2D eigenvalue weighted by atomic mass is 10.0. The van der Waals surface area contributed by atoms with Gasteiger partial charge in [0.15, 0.2) is 0 Å². The molecule has 2 aliphatic heterocycles. The van der Waals surface area contributed by atoms with Crippen LogP contribution in [0.5, 0.6) is 5.75 Å². The smallest absolute Gasteiger partial charge is 0.255 e. The summed E-state index contributed by atoms with van der Waals surface area (Å²) in [5, 5.41) is 4.43. The van der Waals surface area contributed by atoms with E-state index in [0.717, 1.165) is 57.8 Å². The highest BCUT2D eigenvalue weighted by Gasteiger charge is 2.29. The molecule has 2 aliphatic rings. The van der Waals surface area contributed by atoms with E-state index < -0.39 is 6.67 Å². The van der Waals surface area contributed by atoms with Crippen LogP contribution in [0.25, 0.3) is 11.1 Å². The minimum Gasteiger partial charge on any atom is -0.496 e. The highest BCUT2D eigenvalue weighted by molar-refractivity contribution is 14.1. The number of benzene rings is 2. The summed E-state index contributed by atoms with van der Waals surface area (Å²) in [6.07, 6.45) is 2.06. The lowest BCUT2D eigenvalue weighted by Gasteiger charge is -2.37. The Balaban J connectivity index is 1.30. The first-order valence-electron chi connectivity index (χ1n) is 13.3. The van der Waals surface area contributed by atoms with E-state index >= 15 is 0 Å². The number of amides is 2. The third kappa shape index (κ3) is 5.61. The molecule has 2 fully saturated rings. The Labute approximate surface area is 241 Å². The van der Waals surface area contributed by atoms with E-state index in [1.54, 1.807) is 11.8 Å². The quantitative estimate of drug-likeness (QED) is 0.354. The van der Waals surface area contributed by atoms with Crippen LogP contribution in [0.4, 0.5) is 10.1 Å². The third-order valence-electron chi connectivity index (χ3n) is 7.62. The van der Waals surface area contributed by atoms with Gasteiger partial charge in [-0.15, -0.1) is 0 Å². The number of ether oxygens (including phenoxy) is 1. The third-order valence-corrected chi connectivity index (χ3v) is 8.46. The lowest BCUT2D eigenvalue weighted by molar-refractivity contribution is -0.132. The van der Waals surface area contributed by atoms with Crippen molar-refractivity contribution in [2.75, 3.05) is 51.3 Å². The summed E-state index contributed by atoms with van der Waals surface area (Å²) in [5.74, 6) is 0.724. The normalized spacial score (nSPS) is 15.6. The van der Waals surface area contributed by atoms with E-state index in [9.17, 15) is 14.0 Å². The molecule has 8 nitrogen and oxygen atoms in total. The predicted molar refractivity (Wildman–Crippen MR) is 157 cm³/mol. The number of methoxy groups -OCH3 is 1. The van der Waals surface area contributed by atoms with Gasteiger partial charge in [0.25, 0.3) is 5.91 Å². The summed E-state index contributed by atoms with van der Waals surface area (Å²) < 4.78 is 21.9. The average Bonchev–Trinajstić information content (AvgIpc) is 3.61. The molecule has 1 aromatic heterocycles. The van der Waals surface area contributed by atoms with E-state index in [1.165, 1.54) is 0 Å². The summed E-state index contributed by atoms with van der Waals surface area (Å²) in [6, 6.07) is 13.4. The van der Waals surface area contributed by atoms with Crippen molar-refractivity contribution in [2.24, 2.45) is 0 Å². The molecule has 3 heterocycles. The van der Waals surface area contributed by atoms with Crippen LogP contribution >= 0.6 is 22.6 Å². The van der Waals surface area contributed by atoms with Crippen molar-refractivity contribution < 1.29 is 18.7 Å². The van der Waals surface area contributed by atoms with Crippen molar-refractivity contribution in [2.45, 2.75) is 33.0 Å². The second-order valence-corrected chi connectivity index (χ2v) is 11.1. The second-order valence-electron chi connectivity index (χ2n) is 9.94. The number of hydrogen-bond donors (Lipinski definition) is 0. The molecule has 0 bridgehead atoms. The number of rotatable bonds is 7. The Morgan fingerprint density at radius 3 is 2.33 bits per heavy atom. The first-order chi connectivity index (χ1) is 18.9. The van der Waals surface area contributed by atoms with Gasteiger partial charge in [-0.2, -0.15) is 5.10 Å². The van der Waals surface area contributed by atoms with Crippen molar-refractivity contribution in [3.63, 3.8) is 0 Å². The molecule has 0 spiro atoms. The molecule has 206 valence electrons. The second kappa shape index (κ2) is 11.9. The van der Waals surface area contributed by atoms with Gasteiger partial charge in [0.05, 0.1) is 21.9 Å². The number of halogens is 2. The van der Waals surface area contributed by atoms with Crippen molar-refractivity contribution in [3.05, 3.63) is 63.0 Å². The Hall–Kier alpha value is -3.15. The van der Waals surface area contributed by atoms with Gasteiger partial charge in [0, 0.05) is 56.6 Å². The van der Waals surface area contributed by atoms with Crippen LogP contribution in [0.1, 0.15) is 34.6 Å². The van der Waals surface area contributed by atoms with Crippen molar-refractivity contribution in [1.82, 2.24) is 19.6 Å². The number of carbonyl (C=O) groups excluding carboxylic acids is 2. The molecule has 2 saturated heterocycles. The van der Waals surface area contributed by atoms with E-state index in [1.807, 2.05) is 59.2 Å². The zero-order chi connectivity index (χ0) is 27.5. The molecule has 0 radical (unpaired) electrons. The van der Waals surface area contributed by atoms with Crippen LogP contribution in [-0.2, 0) is 18.0 Å². The summed E-state index contributed by atoms with van der Waals surface area (Å²) in [7, 11) is 1.63. The number of alkyl halides is 1. The van der Waals surface area contributed by atoms with Crippen LogP contribution in [0.15, 0.2) is 42.5 Å². The monoisotopic (exact) mass is 645 g/mol. The van der Waals surface area contributed by atoms with Crippen LogP contribution in [-0.4, -0.2) is 77.8 Å². The van der Waals surface area contributed by atoms with Crippen molar-refractivity contribution in [1.29, 1.82) is 0 Å². The van der Waals surface area contributed by atoms with Gasteiger partial charge in [-0.3, -0.25) is 14.3 Å². The fourth-order valence-corrected chi connectivity index (χ4v) is 6.17. The number of piperazine rings is 1. The summed E-state index contributed by atoms with van der Waals surface area (Å²) in [5.41, 5.74) is 4.29. The van der Waals surface area contributed by atoms with Gasteiger partial charge in [-0.05, 0) is 54.0 Å². The molecule has 2 amide bonds. The van der Waals surface area contributed by atoms with Gasteiger partial charge >= 0.3 is 0 Å². The molecule has 0 N–H and O–H groups in total. The molecule has 5 rings (SSSR count). The summed E-state index contributed by atoms with van der Waals surface area (Å²) in [4.78, 5) is 32.6. The molecular weight excluding hydrogens is 612 g/mol. The van der Waals surface area contributed by atoms with Crippen molar-refractivity contribution >= 4 is 40.1 Å². The Morgan fingerprint density at radius 2 is 1.69 bits per heavy atom. The van der Waals surface area contributed by atoms with Crippen LogP contribution in [0.2, 0.25) is 0 Å². The van der Waals surface area contributed by atoms with E-state index in [4.69, 9.17) is 4.74 Å². The number of aromatic nitrogens is 2. The van der Waals surface area contributed by atoms with Crippen molar-refractivity contribution in [3.8, 4) is 16.9 Å². The number of likely N-dealkylation sites (tertiary alicyclic amines) is 1. The molecule has 3 aromatic rings. The van der Waals surface area contributed by atoms with Crippen LogP contribution in [0, 0.1) is 10.5 Å². The Morgan fingerprint density at radius 1 is 1.00 bits per heavy atom. The molecule has 0 saturated carbocycles. The first-order valence-corrected chi connectivity index (χ1v) is 14.4. The van der Waals surface area contributed by atoms with Gasteiger partial charge in [-0.25, -0.2) is 4.39 Å². The highest BCUT2D eigenvalue weighted by atomic mass is 127. The standard InChI is InChI=1S/C29H33FIN5O3/c1-20-28(21-8-4-3-5-9-21)24(18-30)32-36(20)19-27(37)34-14-12-33(13-15-34)25-17-26(39-2)23(31)16-22(25)29(38)35-10-6-7-11-35/h3-5,8-9,16-17H,6-7,10-15,18-19H2,1-2H3. The fraction of sp³-hybridized carbons (Fsp3) is 0.414. The zero-order valence-corrected chi connectivity index (χ0v) is 24.5. The number of hydrogen-bond acceptors (Lipinski definition) is 5. The Bertz CT molecular complexity index is 1350. The molecule has 2 aromatic carbocycles. The molecule has 10 heteroatoms. The maximum atomic E-state index is 13.8. The predicted octanol–water partition coefficient (Wildman–Crippen LogP) is 4.53. The van der Waals surface area contributed by atoms with E-state index in [2.05, 4.69) is 32.6 Å². The zero-order valence-electron chi connectivity index (χ0n) is 22.3. The molecule has 0 unspecified atom stereocenters. The number of nitrogens with zero attached hydrogens (tertiary/aromatic N) is 5. The summed E-state index contributed by atoms with van der Waals surface area (Å²) in [6.45, 7) is 5.04. The molecule has 39 heavy (non-hydrogen) atoms. The maximum absolute atomic E-state index is 13.8. The van der Waals surface area contributed by atoms with E-state index in [0.29, 0.717) is 37.4 Å². The van der Waals surface area contributed by atoms with E-state index in [-0.39, 0.29) is 18.4 Å². The molecule has 0 aliphatic carbocycles. The molecular formula is C29H33FIN5O3. The Kier molecular flexibility index (Phi) is 8.39. The average molecular weight is 646 g/mol. The van der Waals surface area contributed by atoms with Gasteiger partial charge in [0.1, 0.15) is 24.7 Å². The fourth-order valence-electron chi connectivity index (χ4n) is 5.48. The van der Waals surface area contributed by atoms with Gasteiger partial charge in [-0.1, -0.05) is 30.3 Å². The number of anilines is 1. The minimum absolute atomic E-state index is 0.0496. The number of carbonyl (C=O) groups is 2. The topological polar surface area (TPSA) is 70.9 Å². The van der Waals surface area contributed by atoms with Gasteiger partial charge < -0.3 is 19.4 Å². The van der Waals surface area contributed by atoms with Crippen LogP contribution in [0.3, 0.4) is 0 Å². The largest absolute Gasteiger partial charge is 0.496 e. The highest BCUT2D eigenvalue weighted by Crippen LogP contribution is 2.33. The summed E-state index contributed by atoms with van der Waals surface area (Å²) >= 11 is 2.21. The SMILES string of the molecule is COc1cc(N2CCN(C(=O)Cn3nc(CF)c(-c4ccccc4)c3C)CC2)c(C(=O)N2CCCC2)cc1I. The minimum atomic E-state index is -0.692. The molecule has 0 atom stereocenters.